The monoisotopic (exact) mass is 427 g/mol. The van der Waals surface area contributed by atoms with Gasteiger partial charge in [0.05, 0.1) is 10.9 Å². The van der Waals surface area contributed by atoms with Gasteiger partial charge in [-0.05, 0) is 42.6 Å². The number of benzene rings is 1. The van der Waals surface area contributed by atoms with Crippen LogP contribution in [-0.4, -0.2) is 63.9 Å². The Labute approximate surface area is 171 Å². The first-order valence-electron chi connectivity index (χ1n) is 9.10. The quantitative estimate of drug-likeness (QED) is 0.658. The molecule has 1 aliphatic heterocycles. The van der Waals surface area contributed by atoms with Gasteiger partial charge in [0, 0.05) is 43.5 Å². The predicted octanol–water partition coefficient (Wildman–Crippen LogP) is 2.80. The second-order valence-electron chi connectivity index (χ2n) is 6.81. The maximum absolute atomic E-state index is 12.7. The number of likely N-dealkylation sites (N-methyl/N-ethyl adjacent to an activating group) is 1. The molecule has 1 N–H and O–H groups in total. The van der Waals surface area contributed by atoms with Crippen molar-refractivity contribution in [3.63, 3.8) is 0 Å². The van der Waals surface area contributed by atoms with Gasteiger partial charge >= 0.3 is 0 Å². The zero-order chi connectivity index (χ0) is 19.3. The Morgan fingerprint density at radius 3 is 2.44 bits per heavy atom. The minimum atomic E-state index is -3.54. The maximum atomic E-state index is 12.7. The number of hydrogen-bond acceptors (Lipinski definition) is 5. The molecular weight excluding hydrogens is 402 g/mol. The molecule has 2 heterocycles. The van der Waals surface area contributed by atoms with E-state index in [1.807, 2.05) is 23.6 Å². The third-order valence-electron chi connectivity index (χ3n) is 4.93. The highest BCUT2D eigenvalue weighted by Crippen LogP contribution is 2.26. The molecule has 148 valence electrons. The summed E-state index contributed by atoms with van der Waals surface area (Å²) >= 11 is 7.42. The number of rotatable bonds is 8. The highest BCUT2D eigenvalue weighted by Gasteiger charge is 2.26. The summed E-state index contributed by atoms with van der Waals surface area (Å²) < 4.78 is 28.3. The highest BCUT2D eigenvalue weighted by atomic mass is 35.5. The fourth-order valence-corrected chi connectivity index (χ4v) is 5.36. The van der Waals surface area contributed by atoms with E-state index in [-0.39, 0.29) is 6.04 Å². The summed E-state index contributed by atoms with van der Waals surface area (Å²) in [5, 5.41) is 2.04. The van der Waals surface area contributed by atoms with Crippen molar-refractivity contribution in [2.45, 2.75) is 17.4 Å². The molecule has 0 saturated carbocycles. The van der Waals surface area contributed by atoms with E-state index in [1.54, 1.807) is 23.5 Å². The van der Waals surface area contributed by atoms with Gasteiger partial charge in [-0.1, -0.05) is 18.2 Å². The van der Waals surface area contributed by atoms with E-state index in [0.717, 1.165) is 38.2 Å². The molecule has 1 atom stereocenters. The molecule has 0 unspecified atom stereocenters. The second kappa shape index (κ2) is 9.49. The third-order valence-corrected chi connectivity index (χ3v) is 7.54. The Morgan fingerprint density at radius 1 is 1.15 bits per heavy atom. The first kappa shape index (κ1) is 20.8. The maximum Gasteiger partial charge on any atom is 0.240 e. The van der Waals surface area contributed by atoms with E-state index in [9.17, 15) is 8.42 Å². The van der Waals surface area contributed by atoms with E-state index < -0.39 is 10.0 Å². The van der Waals surface area contributed by atoms with Crippen molar-refractivity contribution in [3.8, 4) is 0 Å². The van der Waals surface area contributed by atoms with E-state index in [2.05, 4.69) is 27.6 Å². The number of alkyl halides is 1. The SMILES string of the molecule is CN1CCN([C@H](CNS(=O)(=O)c2ccc(CCCl)cc2)c2cccs2)CC1. The molecule has 1 saturated heterocycles. The zero-order valence-corrected chi connectivity index (χ0v) is 17.9. The van der Waals surface area contributed by atoms with Gasteiger partial charge < -0.3 is 4.90 Å². The van der Waals surface area contributed by atoms with Crippen LogP contribution in [0.15, 0.2) is 46.7 Å². The molecule has 0 aliphatic carbocycles. The van der Waals surface area contributed by atoms with Crippen molar-refractivity contribution >= 4 is 33.0 Å². The van der Waals surface area contributed by atoms with Crippen molar-refractivity contribution in [1.82, 2.24) is 14.5 Å². The fourth-order valence-electron chi connectivity index (χ4n) is 3.24. The van der Waals surface area contributed by atoms with Crippen molar-refractivity contribution in [2.75, 3.05) is 45.7 Å². The number of nitrogens with zero attached hydrogens (tertiary/aromatic N) is 2. The molecule has 1 fully saturated rings. The highest BCUT2D eigenvalue weighted by molar-refractivity contribution is 7.89. The minimum absolute atomic E-state index is 0.0593. The van der Waals surface area contributed by atoms with Gasteiger partial charge in [0.1, 0.15) is 0 Å². The van der Waals surface area contributed by atoms with Crippen LogP contribution < -0.4 is 4.72 Å². The molecule has 1 aromatic heterocycles. The Kier molecular flexibility index (Phi) is 7.30. The van der Waals surface area contributed by atoms with Gasteiger partial charge in [0.2, 0.25) is 10.0 Å². The van der Waals surface area contributed by atoms with Crippen LogP contribution >= 0.6 is 22.9 Å². The van der Waals surface area contributed by atoms with Gasteiger partial charge in [0.15, 0.2) is 0 Å². The zero-order valence-electron chi connectivity index (χ0n) is 15.5. The third kappa shape index (κ3) is 5.53. The predicted molar refractivity (Wildman–Crippen MR) is 112 cm³/mol. The minimum Gasteiger partial charge on any atom is -0.304 e. The first-order chi connectivity index (χ1) is 13.0. The normalized spacial score (nSPS) is 17.9. The summed E-state index contributed by atoms with van der Waals surface area (Å²) in [6, 6.07) is 11.1. The van der Waals surface area contributed by atoms with Crippen LogP contribution in [0.3, 0.4) is 0 Å². The van der Waals surface area contributed by atoms with Crippen LogP contribution in [-0.2, 0) is 16.4 Å². The lowest BCUT2D eigenvalue weighted by atomic mass is 10.2. The van der Waals surface area contributed by atoms with Crippen molar-refractivity contribution in [3.05, 3.63) is 52.2 Å². The van der Waals surface area contributed by atoms with Gasteiger partial charge in [-0.3, -0.25) is 4.90 Å². The Bertz CT molecular complexity index is 802. The number of sulfonamides is 1. The lowest BCUT2D eigenvalue weighted by Crippen LogP contribution is -2.48. The summed E-state index contributed by atoms with van der Waals surface area (Å²) in [7, 11) is -1.42. The van der Waals surface area contributed by atoms with Crippen LogP contribution in [0, 0.1) is 0 Å². The summed E-state index contributed by atoms with van der Waals surface area (Å²) in [6.07, 6.45) is 0.735. The topological polar surface area (TPSA) is 52.6 Å². The number of hydrogen-bond donors (Lipinski definition) is 1. The molecule has 0 bridgehead atoms. The molecule has 5 nitrogen and oxygen atoms in total. The van der Waals surface area contributed by atoms with Crippen molar-refractivity contribution in [1.29, 1.82) is 0 Å². The van der Waals surface area contributed by atoms with Crippen LogP contribution in [0.4, 0.5) is 0 Å². The standard InChI is InChI=1S/C19H26ClN3O2S2/c1-22-10-12-23(13-11-22)18(19-3-2-14-26-19)15-21-27(24,25)17-6-4-16(5-7-17)8-9-20/h2-7,14,18,21H,8-13,15H2,1H3/t18-/m1/s1. The number of nitrogens with one attached hydrogen (secondary N) is 1. The first-order valence-corrected chi connectivity index (χ1v) is 12.0. The van der Waals surface area contributed by atoms with E-state index >= 15 is 0 Å². The average molecular weight is 428 g/mol. The summed E-state index contributed by atoms with van der Waals surface area (Å²) in [6.45, 7) is 4.24. The fraction of sp³-hybridized carbons (Fsp3) is 0.474. The lowest BCUT2D eigenvalue weighted by molar-refractivity contribution is 0.114. The summed E-state index contributed by atoms with van der Waals surface area (Å²) in [5.74, 6) is 0.526. The number of thiophene rings is 1. The Balaban J connectivity index is 1.70. The molecular formula is C19H26ClN3O2S2. The van der Waals surface area contributed by atoms with Crippen LogP contribution in [0.5, 0.6) is 0 Å². The Hall–Kier alpha value is -0.960. The molecule has 2 aromatic rings. The summed E-state index contributed by atoms with van der Waals surface area (Å²) in [4.78, 5) is 6.16. The van der Waals surface area contributed by atoms with Gasteiger partial charge in [-0.2, -0.15) is 0 Å². The number of halogens is 1. The largest absolute Gasteiger partial charge is 0.304 e. The molecule has 1 aromatic carbocycles. The van der Waals surface area contributed by atoms with E-state index in [4.69, 9.17) is 11.6 Å². The van der Waals surface area contributed by atoms with Crippen LogP contribution in [0.2, 0.25) is 0 Å². The molecule has 0 radical (unpaired) electrons. The molecule has 0 amide bonds. The number of piperazine rings is 1. The van der Waals surface area contributed by atoms with Crippen molar-refractivity contribution in [2.24, 2.45) is 0 Å². The number of aryl methyl sites for hydroxylation is 1. The molecule has 1 aliphatic rings. The molecule has 3 rings (SSSR count). The van der Waals surface area contributed by atoms with Gasteiger partial charge in [0.25, 0.3) is 0 Å². The molecule has 8 heteroatoms. The average Bonchev–Trinajstić information content (AvgIpc) is 3.18. The van der Waals surface area contributed by atoms with E-state index in [0.29, 0.717) is 17.3 Å². The summed E-state index contributed by atoms with van der Waals surface area (Å²) in [5.41, 5.74) is 1.04. The second-order valence-corrected chi connectivity index (χ2v) is 9.93. The van der Waals surface area contributed by atoms with E-state index in [1.165, 1.54) is 4.88 Å². The van der Waals surface area contributed by atoms with Crippen molar-refractivity contribution < 1.29 is 8.42 Å². The van der Waals surface area contributed by atoms with Crippen LogP contribution in [0.25, 0.3) is 0 Å². The Morgan fingerprint density at radius 2 is 1.85 bits per heavy atom. The van der Waals surface area contributed by atoms with Gasteiger partial charge in [-0.25, -0.2) is 13.1 Å². The smallest absolute Gasteiger partial charge is 0.240 e. The van der Waals surface area contributed by atoms with Crippen LogP contribution in [0.1, 0.15) is 16.5 Å². The molecule has 0 spiro atoms. The van der Waals surface area contributed by atoms with Gasteiger partial charge in [-0.15, -0.1) is 22.9 Å². The molecule has 27 heavy (non-hydrogen) atoms. The lowest BCUT2D eigenvalue weighted by Gasteiger charge is -2.37.